The van der Waals surface area contributed by atoms with Crippen molar-refractivity contribution in [2.75, 3.05) is 57.9 Å². The first kappa shape index (κ1) is 39.6. The molecular weight excluding hydrogens is 689 g/mol. The first-order valence-corrected chi connectivity index (χ1v) is 22.5. The number of methoxy groups -OCH3 is 1. The number of benzene rings is 2. The number of nitrogens with two attached hydrogens (primary N) is 1. The highest BCUT2D eigenvalue weighted by molar-refractivity contribution is 6.76. The highest BCUT2D eigenvalue weighted by atomic mass is 28.3. The van der Waals surface area contributed by atoms with Crippen LogP contribution in [0.2, 0.25) is 25.7 Å². The van der Waals surface area contributed by atoms with Gasteiger partial charge in [-0.2, -0.15) is 0 Å². The summed E-state index contributed by atoms with van der Waals surface area (Å²) in [5, 5.41) is 2.87. The van der Waals surface area contributed by atoms with Gasteiger partial charge in [0, 0.05) is 53.1 Å². The van der Waals surface area contributed by atoms with Gasteiger partial charge in [0.15, 0.2) is 5.96 Å². The van der Waals surface area contributed by atoms with Gasteiger partial charge in [-0.15, -0.1) is 0 Å². The number of aliphatic imine (C=N–C) groups is 1. The zero-order valence-electron chi connectivity index (χ0n) is 32.3. The second-order valence-corrected chi connectivity index (χ2v) is 21.0. The lowest BCUT2D eigenvalue weighted by molar-refractivity contribution is 0.0839. The molecule has 0 spiro atoms. The summed E-state index contributed by atoms with van der Waals surface area (Å²) in [6.45, 7) is 16.3. The first-order valence-electron chi connectivity index (χ1n) is 18.8. The Morgan fingerprint density at radius 1 is 1.02 bits per heavy atom. The van der Waals surface area contributed by atoms with Gasteiger partial charge in [0.25, 0.3) is 0 Å². The molecule has 2 amide bonds. The molecule has 2 aliphatic rings. The number of alkyl carbamates (subject to hydrolysis) is 1. The molecule has 2 saturated heterocycles. The summed E-state index contributed by atoms with van der Waals surface area (Å²) in [5.74, 6) is 1.49. The van der Waals surface area contributed by atoms with Gasteiger partial charge in [-0.05, 0) is 48.1 Å². The number of hydrogen-bond donors (Lipinski definition) is 2. The number of rotatable bonds is 14. The predicted molar refractivity (Wildman–Crippen MR) is 212 cm³/mol. The molecule has 13 nitrogen and oxygen atoms in total. The lowest BCUT2D eigenvalue weighted by atomic mass is 10.1. The third-order valence-electron chi connectivity index (χ3n) is 9.96. The van der Waals surface area contributed by atoms with Gasteiger partial charge >= 0.3 is 12.2 Å². The molecule has 2 atom stereocenters. The number of aromatic nitrogens is 2. The van der Waals surface area contributed by atoms with E-state index >= 15 is 0 Å². The Balaban J connectivity index is 1.28. The molecule has 288 valence electrons. The zero-order chi connectivity index (χ0) is 38.0. The van der Waals surface area contributed by atoms with Crippen LogP contribution in [0.4, 0.5) is 15.3 Å². The van der Waals surface area contributed by atoms with Gasteiger partial charge in [-0.25, -0.2) is 14.6 Å². The summed E-state index contributed by atoms with van der Waals surface area (Å²) < 4.78 is 18.9. The number of nitrogens with one attached hydrogen (secondary N) is 1. The molecule has 1 aromatic heterocycles. The van der Waals surface area contributed by atoms with Crippen molar-refractivity contribution in [1.29, 1.82) is 0 Å². The summed E-state index contributed by atoms with van der Waals surface area (Å²) in [4.78, 5) is 40.5. The van der Waals surface area contributed by atoms with Crippen molar-refractivity contribution in [2.24, 2.45) is 16.6 Å². The fraction of sp³-hybridized carbons (Fsp3) is 0.538. The molecule has 2 unspecified atom stereocenters. The van der Waals surface area contributed by atoms with E-state index in [0.717, 1.165) is 66.9 Å². The molecule has 3 aromatic rings. The van der Waals surface area contributed by atoms with Crippen molar-refractivity contribution in [2.45, 2.75) is 77.8 Å². The molecule has 14 heteroatoms. The van der Waals surface area contributed by atoms with Crippen molar-refractivity contribution in [3.05, 3.63) is 72.2 Å². The molecule has 2 fully saturated rings. The van der Waals surface area contributed by atoms with E-state index in [1.165, 1.54) is 7.11 Å². The molecule has 0 saturated carbocycles. The topological polar surface area (TPSA) is 140 Å². The molecule has 2 aliphatic heterocycles. The quantitative estimate of drug-likeness (QED) is 0.0861. The Morgan fingerprint density at radius 2 is 1.74 bits per heavy atom. The number of imidazole rings is 1. The fourth-order valence-electron chi connectivity index (χ4n) is 6.58. The zero-order valence-corrected chi connectivity index (χ0v) is 33.3. The van der Waals surface area contributed by atoms with E-state index in [0.29, 0.717) is 38.9 Å². The lowest BCUT2D eigenvalue weighted by Gasteiger charge is -2.35. The number of nitrogens with zero attached hydrogens (tertiary/aromatic N) is 6. The van der Waals surface area contributed by atoms with Crippen LogP contribution in [-0.4, -0.2) is 105 Å². The number of carbonyl (C=O) groups is 2. The molecule has 3 heterocycles. The molecule has 2 aromatic carbocycles. The first-order chi connectivity index (χ1) is 25.4. The van der Waals surface area contributed by atoms with Gasteiger partial charge in [0.05, 0.1) is 37.6 Å². The van der Waals surface area contributed by atoms with Crippen LogP contribution in [-0.2, 0) is 27.5 Å². The number of anilines is 1. The smallest absolute Gasteiger partial charge is 0.410 e. The standard InChI is InChI=1S/C39H58N8O5Si/c1-29(2)33(43-38(48)50-3)25-42-37(40)46-18-10-13-34(46)36-41-26-35(47(36)28-51-23-24-53(4,5)6)31-14-16-32(17-15-31)44-19-21-45(22-20-44)39(49)52-27-30-11-8-7-9-12-30/h7-9,11-12,14-17,26,29,33-34H,10,13,18-25,27-28H2,1-6H3,(H2,40,42)(H,43,48). The normalized spacial score (nSPS) is 17.3. The maximum Gasteiger partial charge on any atom is 0.410 e. The largest absolute Gasteiger partial charge is 0.453 e. The van der Waals surface area contributed by atoms with Crippen LogP contribution in [0.15, 0.2) is 65.8 Å². The van der Waals surface area contributed by atoms with Gasteiger partial charge < -0.3 is 44.5 Å². The molecule has 53 heavy (non-hydrogen) atoms. The minimum atomic E-state index is -1.27. The van der Waals surface area contributed by atoms with E-state index in [1.54, 1.807) is 4.90 Å². The highest BCUT2D eigenvalue weighted by Crippen LogP contribution is 2.34. The number of guanidine groups is 1. The van der Waals surface area contributed by atoms with Crippen LogP contribution in [0.5, 0.6) is 0 Å². The van der Waals surface area contributed by atoms with Gasteiger partial charge in [-0.3, -0.25) is 4.99 Å². The molecule has 3 N–H and O–H groups in total. The van der Waals surface area contributed by atoms with E-state index in [4.69, 9.17) is 29.9 Å². The van der Waals surface area contributed by atoms with Gasteiger partial charge in [-0.1, -0.05) is 76.0 Å². The third-order valence-corrected chi connectivity index (χ3v) is 11.7. The Hall–Kier alpha value is -4.56. The molecule has 5 rings (SSSR count). The van der Waals surface area contributed by atoms with Crippen LogP contribution in [0.3, 0.4) is 0 Å². The monoisotopic (exact) mass is 746 g/mol. The summed E-state index contributed by atoms with van der Waals surface area (Å²) in [6, 6.07) is 19.1. The number of carbonyl (C=O) groups excluding carboxylic acids is 2. The van der Waals surface area contributed by atoms with Gasteiger partial charge in [0.1, 0.15) is 19.2 Å². The highest BCUT2D eigenvalue weighted by Gasteiger charge is 2.32. The van der Waals surface area contributed by atoms with Crippen LogP contribution >= 0.6 is 0 Å². The number of likely N-dealkylation sites (tertiary alicyclic amines) is 1. The molecule has 0 aliphatic carbocycles. The maximum atomic E-state index is 12.7. The van der Waals surface area contributed by atoms with Crippen LogP contribution in [0.25, 0.3) is 11.3 Å². The van der Waals surface area contributed by atoms with E-state index in [1.807, 2.05) is 50.4 Å². The molecular formula is C39H58N8O5Si. The number of piperazine rings is 1. The number of ether oxygens (including phenoxy) is 3. The van der Waals surface area contributed by atoms with Crippen molar-refractivity contribution < 1.29 is 23.8 Å². The number of amides is 2. The van der Waals surface area contributed by atoms with Crippen molar-refractivity contribution in [3.63, 3.8) is 0 Å². The van der Waals surface area contributed by atoms with Crippen LogP contribution < -0.4 is 16.0 Å². The van der Waals surface area contributed by atoms with Gasteiger partial charge in [0.2, 0.25) is 0 Å². The minimum Gasteiger partial charge on any atom is -0.453 e. The van der Waals surface area contributed by atoms with Crippen LogP contribution in [0, 0.1) is 5.92 Å². The average Bonchev–Trinajstić information content (AvgIpc) is 3.81. The second kappa shape index (κ2) is 18.5. The van der Waals surface area contributed by atoms with E-state index in [9.17, 15) is 9.59 Å². The Bertz CT molecular complexity index is 1650. The summed E-state index contributed by atoms with van der Waals surface area (Å²) in [7, 11) is 0.0856. The van der Waals surface area contributed by atoms with Crippen molar-refractivity contribution in [1.82, 2.24) is 24.7 Å². The summed E-state index contributed by atoms with van der Waals surface area (Å²) in [6.07, 6.45) is 3.03. The third kappa shape index (κ3) is 11.0. The Kier molecular flexibility index (Phi) is 13.8. The number of hydrogen-bond acceptors (Lipinski definition) is 8. The van der Waals surface area contributed by atoms with E-state index in [2.05, 4.69) is 63.6 Å². The fourth-order valence-corrected chi connectivity index (χ4v) is 7.34. The minimum absolute atomic E-state index is 0.0610. The predicted octanol–water partition coefficient (Wildman–Crippen LogP) is 6.15. The molecule has 0 radical (unpaired) electrons. The lowest BCUT2D eigenvalue weighted by Crippen LogP contribution is -2.48. The Morgan fingerprint density at radius 3 is 2.40 bits per heavy atom. The van der Waals surface area contributed by atoms with Crippen molar-refractivity contribution in [3.8, 4) is 11.3 Å². The van der Waals surface area contributed by atoms with Crippen molar-refractivity contribution >= 4 is 31.9 Å². The maximum absolute atomic E-state index is 12.7. The Labute approximate surface area is 315 Å². The SMILES string of the molecule is COC(=O)NC(CN=C(N)N1CCCC1c1ncc(-c2ccc(N3CCN(C(=O)OCc4ccccc4)CC3)cc2)n1COCC[Si](C)(C)C)C(C)C. The average molecular weight is 747 g/mol. The summed E-state index contributed by atoms with van der Waals surface area (Å²) in [5.41, 5.74) is 10.8. The van der Waals surface area contributed by atoms with E-state index < -0.39 is 14.2 Å². The van der Waals surface area contributed by atoms with E-state index in [-0.39, 0.29) is 30.7 Å². The second-order valence-electron chi connectivity index (χ2n) is 15.4. The summed E-state index contributed by atoms with van der Waals surface area (Å²) >= 11 is 0. The molecule has 0 bridgehead atoms. The van der Waals surface area contributed by atoms with Crippen LogP contribution in [0.1, 0.15) is 44.1 Å².